The highest BCUT2D eigenvalue weighted by molar-refractivity contribution is 7.88. The number of hydrogen-bond donors (Lipinski definition) is 2. The van der Waals surface area contributed by atoms with Crippen LogP contribution in [-0.2, 0) is 16.6 Å². The van der Waals surface area contributed by atoms with E-state index in [0.29, 0.717) is 42.5 Å². The number of ether oxygens (including phenoxy) is 1. The Morgan fingerprint density at radius 2 is 1.65 bits per heavy atom. The van der Waals surface area contributed by atoms with Crippen molar-refractivity contribution in [3.63, 3.8) is 0 Å². The van der Waals surface area contributed by atoms with Crippen molar-refractivity contribution in [2.45, 2.75) is 90.3 Å². The number of allylic oxidation sites excluding steroid dienone is 4. The largest absolute Gasteiger partial charge is 0.573 e. The van der Waals surface area contributed by atoms with E-state index in [1.807, 2.05) is 26.0 Å². The number of Topliss-reactive ketones (excluding diaryl/α,β-unsaturated/α-hetero) is 1. The molecule has 0 amide bonds. The third kappa shape index (κ3) is 5.29. The summed E-state index contributed by atoms with van der Waals surface area (Å²) in [4.78, 5) is 16.3. The second kappa shape index (κ2) is 11.2. The number of hydrogen-bond acceptors (Lipinski definition) is 7. The van der Waals surface area contributed by atoms with E-state index in [4.69, 9.17) is 0 Å². The first-order valence-corrected chi connectivity index (χ1v) is 19.7. The van der Waals surface area contributed by atoms with Gasteiger partial charge < -0.3 is 14.9 Å². The molecule has 3 saturated carbocycles. The summed E-state index contributed by atoms with van der Waals surface area (Å²) >= 11 is 1.47. The number of carbonyl (C=O) groups excluding carboxylic acids is 1. The van der Waals surface area contributed by atoms with Crippen LogP contribution in [-0.4, -0.2) is 59.6 Å². The van der Waals surface area contributed by atoms with Crippen LogP contribution < -0.4 is 4.74 Å². The van der Waals surface area contributed by atoms with Crippen molar-refractivity contribution in [2.75, 3.05) is 12.8 Å². The highest BCUT2D eigenvalue weighted by Gasteiger charge is 2.74. The molecule has 3 fully saturated rings. The van der Waals surface area contributed by atoms with E-state index in [1.54, 1.807) is 0 Å². The summed E-state index contributed by atoms with van der Waals surface area (Å²) in [6.45, 7) is 6.02. The highest BCUT2D eigenvalue weighted by Crippen LogP contribution is 2.78. The molecule has 1 heterocycles. The molecular weight excluding hydrogens is 676 g/mol. The lowest BCUT2D eigenvalue weighted by Crippen LogP contribution is -2.67. The number of rotatable bonds is 8. The minimum atomic E-state index is -4.85. The number of aryl methyl sites for hydroxylation is 1. The predicted molar refractivity (Wildman–Crippen MR) is 180 cm³/mol. The van der Waals surface area contributed by atoms with Gasteiger partial charge in [-0.2, -0.15) is 4.31 Å². The van der Waals surface area contributed by atoms with Gasteiger partial charge in [0.15, 0.2) is 5.78 Å². The van der Waals surface area contributed by atoms with Crippen LogP contribution in [0.1, 0.15) is 78.9 Å². The van der Waals surface area contributed by atoms with Crippen LogP contribution in [0.3, 0.4) is 0 Å². The van der Waals surface area contributed by atoms with E-state index >= 15 is 0 Å². The van der Waals surface area contributed by atoms with Crippen molar-refractivity contribution in [1.29, 1.82) is 0 Å². The Morgan fingerprint density at radius 1 is 1.00 bits per heavy atom. The van der Waals surface area contributed by atoms with Gasteiger partial charge in [0.1, 0.15) is 5.75 Å². The molecule has 2 spiro atoms. The van der Waals surface area contributed by atoms with Crippen LogP contribution in [0, 0.1) is 40.4 Å². The number of sulfonamides is 1. The second-order valence-electron chi connectivity index (χ2n) is 15.8. The Bertz CT molecular complexity index is 1840. The zero-order valence-corrected chi connectivity index (χ0v) is 29.9. The molecule has 1 aromatic carbocycles. The molecule has 0 radical (unpaired) electrons. The minimum absolute atomic E-state index is 0.00987. The molecule has 2 N–H and O–H groups in total. The topological polar surface area (TPSA) is 104 Å². The Labute approximate surface area is 289 Å². The molecule has 266 valence electrons. The van der Waals surface area contributed by atoms with Gasteiger partial charge in [-0.05, 0) is 98.9 Å². The van der Waals surface area contributed by atoms with Gasteiger partial charge in [0.25, 0.3) is 0 Å². The fraction of sp³-hybridized carbons (Fsp3) is 0.595. The summed E-state index contributed by atoms with van der Waals surface area (Å²) in [6.07, 6.45) is 6.79. The lowest BCUT2D eigenvalue weighted by atomic mass is 9.32. The Balaban J connectivity index is 1.26. The lowest BCUT2D eigenvalue weighted by molar-refractivity contribution is -0.274. The Kier molecular flexibility index (Phi) is 8.01. The van der Waals surface area contributed by atoms with Gasteiger partial charge in [0.05, 0.1) is 22.8 Å². The third-order valence-corrected chi connectivity index (χ3v) is 15.5. The number of thiophene rings is 1. The summed E-state index contributed by atoms with van der Waals surface area (Å²) in [5.41, 5.74) is -2.31. The maximum Gasteiger partial charge on any atom is 0.573 e. The number of alkyl halides is 3. The number of benzene rings is 1. The molecule has 2 aromatic rings. The van der Waals surface area contributed by atoms with Crippen molar-refractivity contribution >= 4 is 27.1 Å². The zero-order chi connectivity index (χ0) is 35.4. The second-order valence-corrected chi connectivity index (χ2v) is 19.0. The molecule has 49 heavy (non-hydrogen) atoms. The standard InChI is InChI=1S/C37H44F3NO6S2/c1-23-5-10-28(48-23)31(43)27-20-34-17-18-36(27)29(32(34,2)14-11-25(42)19-34)12-15-33(3)30(36)13-16-35(33,44)22-41(49(4,45)46)21-24-6-8-26(9-7-24)47-37(38,39)40/h5-10,17-18,20,25,29-30,42,44H,11-16,19,21-22H2,1-4H3. The molecule has 12 heteroatoms. The van der Waals surface area contributed by atoms with Gasteiger partial charge in [-0.3, -0.25) is 4.79 Å². The quantitative estimate of drug-likeness (QED) is 0.221. The average molecular weight is 720 g/mol. The number of carbonyl (C=O) groups is 1. The number of fused-ring (bicyclic) bond motifs is 1. The summed E-state index contributed by atoms with van der Waals surface area (Å²) in [6, 6.07) is 8.91. The fourth-order valence-electron chi connectivity index (χ4n) is 10.9. The van der Waals surface area contributed by atoms with Crippen LogP contribution in [0.2, 0.25) is 0 Å². The molecule has 6 aliphatic rings. The number of aliphatic hydroxyl groups is 2. The molecule has 1 aromatic heterocycles. The van der Waals surface area contributed by atoms with E-state index in [1.165, 1.54) is 27.8 Å². The molecule has 6 aliphatic carbocycles. The summed E-state index contributed by atoms with van der Waals surface area (Å²) in [7, 11) is -3.86. The van der Waals surface area contributed by atoms with Crippen LogP contribution in [0.5, 0.6) is 5.75 Å². The van der Waals surface area contributed by atoms with Crippen molar-refractivity contribution in [2.24, 2.45) is 33.5 Å². The number of nitrogens with zero attached hydrogens (tertiary/aromatic N) is 1. The van der Waals surface area contributed by atoms with E-state index in [-0.39, 0.29) is 36.1 Å². The van der Waals surface area contributed by atoms with Gasteiger partial charge in [-0.25, -0.2) is 8.42 Å². The maximum atomic E-state index is 14.6. The van der Waals surface area contributed by atoms with E-state index in [2.05, 4.69) is 29.9 Å². The molecule has 0 saturated heterocycles. The monoisotopic (exact) mass is 719 g/mol. The minimum Gasteiger partial charge on any atom is -0.406 e. The van der Waals surface area contributed by atoms with Crippen molar-refractivity contribution in [1.82, 2.24) is 4.31 Å². The molecule has 8 unspecified atom stereocenters. The predicted octanol–water partition coefficient (Wildman–Crippen LogP) is 7.19. The normalized spacial score (nSPS) is 38.2. The SMILES string of the molecule is Cc1ccc(C(=O)C2=CC34C=CC25C(CCC2(C)C5CCC2(O)CN(Cc2ccc(OC(F)(F)F)cc2)S(C)(=O)=O)C3(C)CCC(O)C4)s1. The maximum absolute atomic E-state index is 14.6. The summed E-state index contributed by atoms with van der Waals surface area (Å²) in [5, 5.41) is 23.6. The van der Waals surface area contributed by atoms with Gasteiger partial charge in [-0.15, -0.1) is 24.5 Å². The Hall–Kier alpha value is -2.51. The molecule has 8 rings (SSSR count). The van der Waals surface area contributed by atoms with Crippen molar-refractivity contribution in [3.8, 4) is 5.75 Å². The molecule has 7 nitrogen and oxygen atoms in total. The highest BCUT2D eigenvalue weighted by atomic mass is 32.2. The first kappa shape index (κ1) is 34.9. The average Bonchev–Trinajstić information content (AvgIpc) is 3.56. The molecular formula is C37H44F3NO6S2. The van der Waals surface area contributed by atoms with Crippen molar-refractivity contribution in [3.05, 3.63) is 75.5 Å². The number of halogens is 3. The van der Waals surface area contributed by atoms with E-state index in [9.17, 15) is 36.6 Å². The van der Waals surface area contributed by atoms with E-state index < -0.39 is 50.1 Å². The lowest BCUT2D eigenvalue weighted by Gasteiger charge is -2.71. The number of aliphatic hydroxyl groups excluding tert-OH is 1. The molecule has 8 atom stereocenters. The van der Waals surface area contributed by atoms with Crippen LogP contribution in [0.15, 0.2) is 60.2 Å². The molecule has 0 aliphatic heterocycles. The smallest absolute Gasteiger partial charge is 0.406 e. The Morgan fingerprint density at radius 3 is 2.29 bits per heavy atom. The number of ketones is 1. The summed E-state index contributed by atoms with van der Waals surface area (Å²) in [5.74, 6) is -0.466. The van der Waals surface area contributed by atoms with E-state index in [0.717, 1.165) is 41.7 Å². The third-order valence-electron chi connectivity index (χ3n) is 13.3. The van der Waals surface area contributed by atoms with Crippen LogP contribution in [0.25, 0.3) is 0 Å². The van der Waals surface area contributed by atoms with Gasteiger partial charge >= 0.3 is 6.36 Å². The van der Waals surface area contributed by atoms with Crippen LogP contribution in [0.4, 0.5) is 13.2 Å². The zero-order valence-electron chi connectivity index (χ0n) is 28.2. The fourth-order valence-corrected chi connectivity index (χ4v) is 12.5. The van der Waals surface area contributed by atoms with Gasteiger partial charge in [0.2, 0.25) is 10.0 Å². The van der Waals surface area contributed by atoms with Gasteiger partial charge in [0, 0.05) is 39.8 Å². The van der Waals surface area contributed by atoms with Crippen LogP contribution >= 0.6 is 11.3 Å². The van der Waals surface area contributed by atoms with Crippen molar-refractivity contribution < 1.29 is 41.3 Å². The first-order chi connectivity index (χ1) is 22.8. The summed E-state index contributed by atoms with van der Waals surface area (Å²) < 4.78 is 69.8. The molecule has 2 bridgehead atoms. The first-order valence-electron chi connectivity index (χ1n) is 17.0. The van der Waals surface area contributed by atoms with Gasteiger partial charge in [-0.1, -0.05) is 44.2 Å².